The van der Waals surface area contributed by atoms with E-state index in [1.807, 2.05) is 43.6 Å². The highest BCUT2D eigenvalue weighted by atomic mass is 35.5. The third-order valence-electron chi connectivity index (χ3n) is 2.64. The van der Waals surface area contributed by atoms with E-state index in [9.17, 15) is 0 Å². The van der Waals surface area contributed by atoms with Crippen LogP contribution in [0.3, 0.4) is 0 Å². The van der Waals surface area contributed by atoms with Crippen LogP contribution in [0.1, 0.15) is 18.7 Å². The Bertz CT molecular complexity index is 479. The zero-order valence-electron chi connectivity index (χ0n) is 9.60. The van der Waals surface area contributed by atoms with Crippen molar-refractivity contribution in [1.29, 1.82) is 0 Å². The quantitative estimate of drug-likeness (QED) is 0.907. The lowest BCUT2D eigenvalue weighted by atomic mass is 10.1. The topological polar surface area (TPSA) is 51.8 Å². The Labute approximate surface area is 106 Å². The lowest BCUT2D eigenvalue weighted by Crippen LogP contribution is -2.11. The van der Waals surface area contributed by atoms with Crippen molar-refractivity contribution in [1.82, 2.24) is 9.97 Å². The van der Waals surface area contributed by atoms with Gasteiger partial charge in [0.25, 0.3) is 0 Å². The van der Waals surface area contributed by atoms with Crippen LogP contribution in [0, 0.1) is 0 Å². The summed E-state index contributed by atoms with van der Waals surface area (Å²) in [6, 6.07) is 7.61. The number of halogens is 1. The van der Waals surface area contributed by atoms with E-state index >= 15 is 0 Å². The van der Waals surface area contributed by atoms with Crippen LogP contribution in [-0.2, 0) is 0 Å². The van der Waals surface area contributed by atoms with Gasteiger partial charge < -0.3 is 5.73 Å². The second-order valence-electron chi connectivity index (χ2n) is 3.97. The standard InChI is InChI=1S/C13H14ClN3/c1-9(6-15)13-16-7-11(8-17-13)10-2-4-12(14)5-3-10/h2-5,7-9H,6,15H2,1H3. The summed E-state index contributed by atoms with van der Waals surface area (Å²) in [6.07, 6.45) is 3.63. The molecule has 2 aromatic rings. The van der Waals surface area contributed by atoms with Crippen LogP contribution < -0.4 is 5.73 Å². The molecule has 0 aliphatic heterocycles. The molecule has 2 N–H and O–H groups in total. The summed E-state index contributed by atoms with van der Waals surface area (Å²) in [5.74, 6) is 0.972. The molecule has 0 amide bonds. The third kappa shape index (κ3) is 2.81. The van der Waals surface area contributed by atoms with Gasteiger partial charge in [-0.25, -0.2) is 9.97 Å². The minimum absolute atomic E-state index is 0.189. The molecule has 1 unspecified atom stereocenters. The van der Waals surface area contributed by atoms with Crippen molar-refractivity contribution >= 4 is 11.6 Å². The van der Waals surface area contributed by atoms with Gasteiger partial charge >= 0.3 is 0 Å². The van der Waals surface area contributed by atoms with Gasteiger partial charge in [-0.3, -0.25) is 0 Å². The molecule has 17 heavy (non-hydrogen) atoms. The van der Waals surface area contributed by atoms with Gasteiger partial charge in [0.1, 0.15) is 5.82 Å². The highest BCUT2D eigenvalue weighted by molar-refractivity contribution is 6.30. The number of hydrogen-bond acceptors (Lipinski definition) is 3. The SMILES string of the molecule is CC(CN)c1ncc(-c2ccc(Cl)cc2)cn1. The van der Waals surface area contributed by atoms with Crippen molar-refractivity contribution in [2.75, 3.05) is 6.54 Å². The van der Waals surface area contributed by atoms with Crippen molar-refractivity contribution in [3.63, 3.8) is 0 Å². The number of aromatic nitrogens is 2. The lowest BCUT2D eigenvalue weighted by Gasteiger charge is -2.07. The predicted molar refractivity (Wildman–Crippen MR) is 69.9 cm³/mol. The molecule has 1 aromatic carbocycles. The van der Waals surface area contributed by atoms with Gasteiger partial charge in [-0.15, -0.1) is 0 Å². The molecule has 0 aliphatic rings. The van der Waals surface area contributed by atoms with Crippen molar-refractivity contribution in [3.05, 3.63) is 47.5 Å². The minimum atomic E-state index is 0.189. The molecule has 2 rings (SSSR count). The Balaban J connectivity index is 2.26. The maximum Gasteiger partial charge on any atom is 0.132 e. The molecule has 88 valence electrons. The number of benzene rings is 1. The van der Waals surface area contributed by atoms with Crippen LogP contribution in [0.25, 0.3) is 11.1 Å². The number of nitrogens with zero attached hydrogens (tertiary/aromatic N) is 2. The van der Waals surface area contributed by atoms with Crippen LogP contribution in [0.2, 0.25) is 5.02 Å². The average Bonchev–Trinajstić information content (AvgIpc) is 2.39. The summed E-state index contributed by atoms with van der Waals surface area (Å²) in [7, 11) is 0. The van der Waals surface area contributed by atoms with Gasteiger partial charge in [-0.05, 0) is 17.7 Å². The predicted octanol–water partition coefficient (Wildman–Crippen LogP) is 2.86. The normalized spacial score (nSPS) is 12.4. The monoisotopic (exact) mass is 247 g/mol. The molecule has 0 bridgehead atoms. The van der Waals surface area contributed by atoms with Gasteiger partial charge in [-0.2, -0.15) is 0 Å². The van der Waals surface area contributed by atoms with Gasteiger partial charge in [0, 0.05) is 35.4 Å². The van der Waals surface area contributed by atoms with Crippen LogP contribution in [0.5, 0.6) is 0 Å². The van der Waals surface area contributed by atoms with Crippen molar-refractivity contribution in [2.45, 2.75) is 12.8 Å². The fourth-order valence-electron chi connectivity index (χ4n) is 1.49. The summed E-state index contributed by atoms with van der Waals surface area (Å²) in [6.45, 7) is 2.57. The van der Waals surface area contributed by atoms with Crippen LogP contribution in [-0.4, -0.2) is 16.5 Å². The molecule has 0 saturated heterocycles. The van der Waals surface area contributed by atoms with Crippen LogP contribution >= 0.6 is 11.6 Å². The fraction of sp³-hybridized carbons (Fsp3) is 0.231. The zero-order chi connectivity index (χ0) is 12.3. The van der Waals surface area contributed by atoms with Crippen molar-refractivity contribution in [2.24, 2.45) is 5.73 Å². The maximum atomic E-state index is 5.84. The third-order valence-corrected chi connectivity index (χ3v) is 2.90. The number of nitrogens with two attached hydrogens (primary N) is 1. The largest absolute Gasteiger partial charge is 0.330 e. The molecule has 3 nitrogen and oxygen atoms in total. The molecule has 1 atom stereocenters. The summed E-state index contributed by atoms with van der Waals surface area (Å²) in [5, 5.41) is 0.725. The second kappa shape index (κ2) is 5.25. The Hall–Kier alpha value is -1.45. The van der Waals surface area contributed by atoms with Gasteiger partial charge in [-0.1, -0.05) is 30.7 Å². The average molecular weight is 248 g/mol. The van der Waals surface area contributed by atoms with E-state index in [0.29, 0.717) is 6.54 Å². The van der Waals surface area contributed by atoms with Crippen LogP contribution in [0.4, 0.5) is 0 Å². The van der Waals surface area contributed by atoms with E-state index in [1.54, 1.807) is 0 Å². The molecule has 0 radical (unpaired) electrons. The summed E-state index contributed by atoms with van der Waals surface area (Å²) in [5.41, 5.74) is 7.61. The highest BCUT2D eigenvalue weighted by Crippen LogP contribution is 2.20. The number of hydrogen-bond donors (Lipinski definition) is 1. The van der Waals surface area contributed by atoms with Crippen molar-refractivity contribution < 1.29 is 0 Å². The lowest BCUT2D eigenvalue weighted by molar-refractivity contribution is 0.712. The van der Waals surface area contributed by atoms with E-state index in [0.717, 1.165) is 22.0 Å². The van der Waals surface area contributed by atoms with Gasteiger partial charge in [0.05, 0.1) is 0 Å². The molecule has 4 heteroatoms. The molecule has 0 spiro atoms. The first-order valence-corrected chi connectivity index (χ1v) is 5.86. The number of rotatable bonds is 3. The molecule has 1 aromatic heterocycles. The summed E-state index contributed by atoms with van der Waals surface area (Å²) < 4.78 is 0. The molecule has 1 heterocycles. The van der Waals surface area contributed by atoms with E-state index < -0.39 is 0 Å². The Morgan fingerprint density at radius 2 is 1.71 bits per heavy atom. The van der Waals surface area contributed by atoms with Crippen molar-refractivity contribution in [3.8, 4) is 11.1 Å². The Kier molecular flexibility index (Phi) is 3.71. The Morgan fingerprint density at radius 3 is 2.24 bits per heavy atom. The highest BCUT2D eigenvalue weighted by Gasteiger charge is 2.06. The van der Waals surface area contributed by atoms with Gasteiger partial charge in [0.15, 0.2) is 0 Å². The second-order valence-corrected chi connectivity index (χ2v) is 4.41. The first-order valence-electron chi connectivity index (χ1n) is 5.48. The fourth-order valence-corrected chi connectivity index (χ4v) is 1.62. The Morgan fingerprint density at radius 1 is 1.12 bits per heavy atom. The summed E-state index contributed by atoms with van der Waals surface area (Å²) >= 11 is 5.84. The van der Waals surface area contributed by atoms with Crippen LogP contribution in [0.15, 0.2) is 36.7 Å². The molecule has 0 aliphatic carbocycles. The zero-order valence-corrected chi connectivity index (χ0v) is 10.4. The van der Waals surface area contributed by atoms with E-state index in [4.69, 9.17) is 17.3 Å². The van der Waals surface area contributed by atoms with Gasteiger partial charge in [0.2, 0.25) is 0 Å². The first-order chi connectivity index (χ1) is 8.20. The molecule has 0 fully saturated rings. The smallest absolute Gasteiger partial charge is 0.132 e. The molecular formula is C13H14ClN3. The first kappa shape index (κ1) is 12.0. The van der Waals surface area contributed by atoms with E-state index in [2.05, 4.69) is 9.97 Å². The van der Waals surface area contributed by atoms with E-state index in [1.165, 1.54) is 0 Å². The van der Waals surface area contributed by atoms with E-state index in [-0.39, 0.29) is 5.92 Å². The minimum Gasteiger partial charge on any atom is -0.330 e. The molecular weight excluding hydrogens is 234 g/mol. The molecule has 0 saturated carbocycles. The summed E-state index contributed by atoms with van der Waals surface area (Å²) in [4.78, 5) is 8.65. The maximum absolute atomic E-state index is 5.84.